The van der Waals surface area contributed by atoms with E-state index in [0.717, 1.165) is 23.9 Å². The molecule has 1 aromatic rings. The van der Waals surface area contributed by atoms with Gasteiger partial charge in [0.25, 0.3) is 0 Å². The molecule has 1 amide bonds. The first-order valence-corrected chi connectivity index (χ1v) is 6.28. The predicted molar refractivity (Wildman–Crippen MR) is 67.3 cm³/mol. The van der Waals surface area contributed by atoms with Crippen molar-refractivity contribution in [2.45, 2.75) is 18.9 Å². The van der Waals surface area contributed by atoms with Crippen molar-refractivity contribution in [1.29, 1.82) is 0 Å². The first kappa shape index (κ1) is 11.6. The second kappa shape index (κ2) is 5.46. The number of carbonyl (C=O) groups is 1. The summed E-state index contributed by atoms with van der Waals surface area (Å²) < 4.78 is 1.11. The summed E-state index contributed by atoms with van der Waals surface area (Å²) >= 11 is 3.46. The Morgan fingerprint density at radius 1 is 1.44 bits per heavy atom. The van der Waals surface area contributed by atoms with Crippen LogP contribution in [0.2, 0.25) is 0 Å². The van der Waals surface area contributed by atoms with Crippen LogP contribution in [0.1, 0.15) is 12.0 Å². The first-order valence-electron chi connectivity index (χ1n) is 5.48. The van der Waals surface area contributed by atoms with Gasteiger partial charge in [-0.15, -0.1) is 0 Å². The van der Waals surface area contributed by atoms with Crippen LogP contribution in [0.3, 0.4) is 0 Å². The lowest BCUT2D eigenvalue weighted by atomic mass is 10.0. The highest BCUT2D eigenvalue weighted by Crippen LogP contribution is 2.13. The van der Waals surface area contributed by atoms with Crippen molar-refractivity contribution in [1.82, 2.24) is 10.6 Å². The van der Waals surface area contributed by atoms with Crippen LogP contribution < -0.4 is 10.6 Å². The summed E-state index contributed by atoms with van der Waals surface area (Å²) in [5, 5.41) is 6.10. The molecule has 1 saturated heterocycles. The number of hydrogen-bond donors (Lipinski definition) is 2. The standard InChI is InChI=1S/C12H15BrN2O/c13-10-3-1-2-9(6-10)4-5-11-7-14-8-12(16)15-11/h1-3,6,11,14H,4-5,7-8H2,(H,15,16). The minimum atomic E-state index is 0.102. The molecule has 2 rings (SSSR count). The van der Waals surface area contributed by atoms with E-state index in [1.54, 1.807) is 0 Å². The first-order chi connectivity index (χ1) is 7.74. The van der Waals surface area contributed by atoms with Crippen LogP contribution in [0.15, 0.2) is 28.7 Å². The zero-order chi connectivity index (χ0) is 11.4. The van der Waals surface area contributed by atoms with E-state index in [1.807, 2.05) is 12.1 Å². The molecule has 0 radical (unpaired) electrons. The van der Waals surface area contributed by atoms with Crippen molar-refractivity contribution in [3.05, 3.63) is 34.3 Å². The van der Waals surface area contributed by atoms with Crippen molar-refractivity contribution in [3.63, 3.8) is 0 Å². The van der Waals surface area contributed by atoms with Crippen molar-refractivity contribution in [2.24, 2.45) is 0 Å². The van der Waals surface area contributed by atoms with E-state index < -0.39 is 0 Å². The SMILES string of the molecule is O=C1CNCC(CCc2cccc(Br)c2)N1. The number of amides is 1. The Bertz CT molecular complexity index is 381. The fraction of sp³-hybridized carbons (Fsp3) is 0.417. The smallest absolute Gasteiger partial charge is 0.234 e. The van der Waals surface area contributed by atoms with Gasteiger partial charge in [0.1, 0.15) is 0 Å². The third-order valence-electron chi connectivity index (χ3n) is 2.71. The fourth-order valence-electron chi connectivity index (χ4n) is 1.90. The van der Waals surface area contributed by atoms with Crippen LogP contribution in [0, 0.1) is 0 Å². The van der Waals surface area contributed by atoms with Crippen molar-refractivity contribution < 1.29 is 4.79 Å². The Morgan fingerprint density at radius 2 is 2.31 bits per heavy atom. The van der Waals surface area contributed by atoms with Crippen LogP contribution in [-0.4, -0.2) is 25.0 Å². The van der Waals surface area contributed by atoms with Crippen LogP contribution in [-0.2, 0) is 11.2 Å². The van der Waals surface area contributed by atoms with Gasteiger partial charge in [0, 0.05) is 17.1 Å². The highest BCUT2D eigenvalue weighted by Gasteiger charge is 2.16. The molecule has 1 heterocycles. The van der Waals surface area contributed by atoms with Gasteiger partial charge in [-0.25, -0.2) is 0 Å². The molecular formula is C12H15BrN2O. The highest BCUT2D eigenvalue weighted by atomic mass is 79.9. The predicted octanol–water partition coefficient (Wildman–Crippen LogP) is 1.47. The Balaban J connectivity index is 1.85. The normalized spacial score (nSPS) is 20.6. The lowest BCUT2D eigenvalue weighted by molar-refractivity contribution is -0.122. The molecule has 0 aliphatic carbocycles. The second-order valence-electron chi connectivity index (χ2n) is 4.06. The number of aryl methyl sites for hydroxylation is 1. The monoisotopic (exact) mass is 282 g/mol. The van der Waals surface area contributed by atoms with E-state index in [2.05, 4.69) is 38.7 Å². The quantitative estimate of drug-likeness (QED) is 0.882. The van der Waals surface area contributed by atoms with Crippen LogP contribution in [0.25, 0.3) is 0 Å². The summed E-state index contributed by atoms with van der Waals surface area (Å²) in [6.45, 7) is 1.33. The average Bonchev–Trinajstić information content (AvgIpc) is 2.27. The lowest BCUT2D eigenvalue weighted by Gasteiger charge is -2.24. The van der Waals surface area contributed by atoms with Crippen LogP contribution >= 0.6 is 15.9 Å². The minimum Gasteiger partial charge on any atom is -0.351 e. The summed E-state index contributed by atoms with van der Waals surface area (Å²) in [7, 11) is 0. The third-order valence-corrected chi connectivity index (χ3v) is 3.21. The molecule has 1 unspecified atom stereocenters. The van der Waals surface area contributed by atoms with Gasteiger partial charge in [0.05, 0.1) is 6.54 Å². The summed E-state index contributed by atoms with van der Waals surface area (Å²) in [5.41, 5.74) is 1.30. The molecule has 1 aliphatic rings. The number of hydrogen-bond acceptors (Lipinski definition) is 2. The molecule has 1 aliphatic heterocycles. The van der Waals surface area contributed by atoms with Crippen LogP contribution in [0.4, 0.5) is 0 Å². The van der Waals surface area contributed by atoms with E-state index in [9.17, 15) is 4.79 Å². The summed E-state index contributed by atoms with van der Waals surface area (Å²) in [6.07, 6.45) is 1.97. The highest BCUT2D eigenvalue weighted by molar-refractivity contribution is 9.10. The molecule has 3 nitrogen and oxygen atoms in total. The van der Waals surface area contributed by atoms with Gasteiger partial charge in [-0.3, -0.25) is 4.79 Å². The van der Waals surface area contributed by atoms with Crippen LogP contribution in [0.5, 0.6) is 0 Å². The molecule has 0 spiro atoms. The molecule has 2 N–H and O–H groups in total. The molecule has 0 aromatic heterocycles. The molecule has 1 aromatic carbocycles. The lowest BCUT2D eigenvalue weighted by Crippen LogP contribution is -2.52. The Kier molecular flexibility index (Phi) is 3.96. The Morgan fingerprint density at radius 3 is 3.06 bits per heavy atom. The number of piperazine rings is 1. The Hall–Kier alpha value is -0.870. The number of rotatable bonds is 3. The van der Waals surface area contributed by atoms with Gasteiger partial charge in [-0.1, -0.05) is 28.1 Å². The number of benzene rings is 1. The van der Waals surface area contributed by atoms with Crippen molar-refractivity contribution in [2.75, 3.05) is 13.1 Å². The fourth-order valence-corrected chi connectivity index (χ4v) is 2.34. The zero-order valence-corrected chi connectivity index (χ0v) is 10.6. The number of carbonyl (C=O) groups excluding carboxylic acids is 1. The van der Waals surface area contributed by atoms with Gasteiger partial charge in [0.2, 0.25) is 5.91 Å². The second-order valence-corrected chi connectivity index (χ2v) is 4.98. The van der Waals surface area contributed by atoms with Crippen molar-refractivity contribution >= 4 is 21.8 Å². The average molecular weight is 283 g/mol. The maximum Gasteiger partial charge on any atom is 0.234 e. The molecule has 4 heteroatoms. The molecule has 16 heavy (non-hydrogen) atoms. The maximum atomic E-state index is 11.2. The topological polar surface area (TPSA) is 41.1 Å². The zero-order valence-electron chi connectivity index (χ0n) is 9.00. The summed E-state index contributed by atoms with van der Waals surface area (Å²) in [4.78, 5) is 11.2. The van der Waals surface area contributed by atoms with Gasteiger partial charge in [0.15, 0.2) is 0 Å². The third kappa shape index (κ3) is 3.32. The summed E-state index contributed by atoms with van der Waals surface area (Å²) in [5.74, 6) is 0.102. The van der Waals surface area contributed by atoms with Gasteiger partial charge >= 0.3 is 0 Å². The molecule has 86 valence electrons. The largest absolute Gasteiger partial charge is 0.351 e. The number of halogens is 1. The molecule has 1 fully saturated rings. The van der Waals surface area contributed by atoms with E-state index in [-0.39, 0.29) is 11.9 Å². The molecule has 0 bridgehead atoms. The van der Waals surface area contributed by atoms with E-state index in [1.165, 1.54) is 5.56 Å². The molecule has 0 saturated carbocycles. The van der Waals surface area contributed by atoms with E-state index in [0.29, 0.717) is 6.54 Å². The van der Waals surface area contributed by atoms with Gasteiger partial charge in [-0.2, -0.15) is 0 Å². The summed E-state index contributed by atoms with van der Waals surface area (Å²) in [6, 6.07) is 8.56. The molecular weight excluding hydrogens is 268 g/mol. The molecule has 1 atom stereocenters. The minimum absolute atomic E-state index is 0.102. The van der Waals surface area contributed by atoms with Gasteiger partial charge < -0.3 is 10.6 Å². The maximum absolute atomic E-state index is 11.2. The van der Waals surface area contributed by atoms with Crippen molar-refractivity contribution in [3.8, 4) is 0 Å². The van der Waals surface area contributed by atoms with Gasteiger partial charge in [-0.05, 0) is 30.5 Å². The van der Waals surface area contributed by atoms with E-state index in [4.69, 9.17) is 0 Å². The number of nitrogens with one attached hydrogen (secondary N) is 2. The van der Waals surface area contributed by atoms with E-state index >= 15 is 0 Å². The Labute approximate surface area is 104 Å².